The van der Waals surface area contributed by atoms with Crippen molar-refractivity contribution in [2.45, 2.75) is 58.3 Å². The number of ether oxygens (including phenoxy) is 1. The van der Waals surface area contributed by atoms with E-state index in [1.165, 1.54) is 61.6 Å². The minimum Gasteiger partial charge on any atom is -0.457 e. The van der Waals surface area contributed by atoms with Crippen LogP contribution in [0.25, 0.3) is 0 Å². The molecule has 3 rings (SSSR count). The van der Waals surface area contributed by atoms with Gasteiger partial charge in [0, 0.05) is 12.0 Å². The maximum Gasteiger partial charge on any atom is 0.131 e. The van der Waals surface area contributed by atoms with E-state index in [9.17, 15) is 0 Å². The molecule has 2 aromatic carbocycles. The summed E-state index contributed by atoms with van der Waals surface area (Å²) in [7, 11) is 0. The van der Waals surface area contributed by atoms with Gasteiger partial charge in [-0.1, -0.05) is 69.4 Å². The second-order valence-corrected chi connectivity index (χ2v) is 6.30. The molecule has 116 valence electrons. The van der Waals surface area contributed by atoms with Crippen molar-refractivity contribution >= 4 is 0 Å². The van der Waals surface area contributed by atoms with Crippen LogP contribution in [0.15, 0.2) is 42.5 Å². The van der Waals surface area contributed by atoms with Gasteiger partial charge in [0.15, 0.2) is 0 Å². The van der Waals surface area contributed by atoms with Gasteiger partial charge < -0.3 is 4.74 Å². The molecule has 0 aliphatic carbocycles. The minimum absolute atomic E-state index is 1.01. The Hall–Kier alpha value is -1.76. The second-order valence-electron chi connectivity index (χ2n) is 6.30. The smallest absolute Gasteiger partial charge is 0.131 e. The third kappa shape index (κ3) is 3.52. The number of fused-ring (bicyclic) bond motifs is 2. The monoisotopic (exact) mass is 294 g/mol. The first-order chi connectivity index (χ1) is 10.9. The molecular formula is C21H26O. The van der Waals surface area contributed by atoms with Crippen LogP contribution in [0.2, 0.25) is 0 Å². The fraction of sp³-hybridized carbons (Fsp3) is 0.429. The van der Waals surface area contributed by atoms with Crippen molar-refractivity contribution < 1.29 is 4.74 Å². The highest BCUT2D eigenvalue weighted by Gasteiger charge is 2.18. The van der Waals surface area contributed by atoms with Crippen molar-refractivity contribution in [3.8, 4) is 11.5 Å². The first-order valence-corrected chi connectivity index (χ1v) is 8.75. The highest BCUT2D eigenvalue weighted by Crippen LogP contribution is 2.38. The summed E-state index contributed by atoms with van der Waals surface area (Å²) in [5.74, 6) is 2.08. The summed E-state index contributed by atoms with van der Waals surface area (Å²) in [6.45, 7) is 2.27. The van der Waals surface area contributed by atoms with Crippen molar-refractivity contribution in [2.24, 2.45) is 0 Å². The summed E-state index contributed by atoms with van der Waals surface area (Å²) in [5, 5.41) is 0. The van der Waals surface area contributed by atoms with Gasteiger partial charge in [-0.25, -0.2) is 0 Å². The van der Waals surface area contributed by atoms with Crippen LogP contribution in [0.3, 0.4) is 0 Å². The fourth-order valence-electron chi connectivity index (χ4n) is 3.30. The fourth-order valence-corrected chi connectivity index (χ4v) is 3.30. The molecule has 1 nitrogen and oxygen atoms in total. The number of para-hydroxylation sites is 1. The lowest BCUT2D eigenvalue weighted by Crippen LogP contribution is -2.06. The Labute approximate surface area is 134 Å². The number of unbranched alkanes of at least 4 members (excludes halogenated alkanes) is 5. The molecule has 0 saturated heterocycles. The van der Waals surface area contributed by atoms with Crippen molar-refractivity contribution in [3.05, 3.63) is 59.2 Å². The molecule has 0 fully saturated rings. The zero-order valence-electron chi connectivity index (χ0n) is 13.6. The van der Waals surface area contributed by atoms with E-state index in [1.807, 2.05) is 6.07 Å². The van der Waals surface area contributed by atoms with E-state index in [-0.39, 0.29) is 0 Å². The molecule has 0 N–H and O–H groups in total. The van der Waals surface area contributed by atoms with Gasteiger partial charge in [0.05, 0.1) is 0 Å². The summed E-state index contributed by atoms with van der Waals surface area (Å²) in [4.78, 5) is 0. The van der Waals surface area contributed by atoms with Crippen LogP contribution in [0.1, 0.15) is 62.1 Å². The zero-order valence-corrected chi connectivity index (χ0v) is 13.6. The predicted molar refractivity (Wildman–Crippen MR) is 92.8 cm³/mol. The maximum atomic E-state index is 6.08. The van der Waals surface area contributed by atoms with Gasteiger partial charge in [-0.05, 0) is 36.1 Å². The van der Waals surface area contributed by atoms with E-state index in [0.29, 0.717) is 0 Å². The van der Waals surface area contributed by atoms with Crippen molar-refractivity contribution in [2.75, 3.05) is 0 Å². The highest BCUT2D eigenvalue weighted by molar-refractivity contribution is 5.52. The van der Waals surface area contributed by atoms with Crippen molar-refractivity contribution in [3.63, 3.8) is 0 Å². The van der Waals surface area contributed by atoms with Gasteiger partial charge >= 0.3 is 0 Å². The molecule has 0 atom stereocenters. The molecule has 1 aliphatic rings. The number of hydrogen-bond donors (Lipinski definition) is 0. The quantitative estimate of drug-likeness (QED) is 0.465. The average Bonchev–Trinajstić information content (AvgIpc) is 2.56. The Morgan fingerprint density at radius 3 is 2.50 bits per heavy atom. The van der Waals surface area contributed by atoms with E-state index in [2.05, 4.69) is 43.3 Å². The number of aryl methyl sites for hydroxylation is 1. The Balaban J connectivity index is 1.63. The molecule has 0 aromatic heterocycles. The summed E-state index contributed by atoms with van der Waals surface area (Å²) in [5.41, 5.74) is 4.18. The summed E-state index contributed by atoms with van der Waals surface area (Å²) in [6, 6.07) is 14.9. The number of hydrogen-bond acceptors (Lipinski definition) is 1. The van der Waals surface area contributed by atoms with E-state index < -0.39 is 0 Å². The van der Waals surface area contributed by atoms with Crippen LogP contribution in [0.4, 0.5) is 0 Å². The van der Waals surface area contributed by atoms with Crippen LogP contribution < -0.4 is 4.74 Å². The minimum atomic E-state index is 1.01. The van der Waals surface area contributed by atoms with Crippen molar-refractivity contribution in [1.29, 1.82) is 0 Å². The average molecular weight is 294 g/mol. The summed E-state index contributed by atoms with van der Waals surface area (Å²) < 4.78 is 6.08. The van der Waals surface area contributed by atoms with Gasteiger partial charge in [-0.2, -0.15) is 0 Å². The maximum absolute atomic E-state index is 6.08. The first-order valence-electron chi connectivity index (χ1n) is 8.75. The predicted octanol–water partition coefficient (Wildman–Crippen LogP) is 6.29. The molecule has 0 saturated carbocycles. The number of rotatable bonds is 7. The lowest BCUT2D eigenvalue weighted by atomic mass is 9.93. The molecule has 1 heterocycles. The highest BCUT2D eigenvalue weighted by atomic mass is 16.5. The first kappa shape index (κ1) is 15.1. The Morgan fingerprint density at radius 1 is 0.818 bits per heavy atom. The van der Waals surface area contributed by atoms with Crippen LogP contribution in [-0.4, -0.2) is 0 Å². The standard InChI is InChI=1S/C21H26O/c1-2-3-4-5-6-7-11-17-13-10-15-21-19(17)16-18-12-8-9-14-20(18)22-21/h8-10,12-15H,2-7,11,16H2,1H3. The van der Waals surface area contributed by atoms with E-state index in [0.717, 1.165) is 17.9 Å². The van der Waals surface area contributed by atoms with E-state index in [4.69, 9.17) is 4.74 Å². The molecule has 0 amide bonds. The molecule has 0 spiro atoms. The van der Waals surface area contributed by atoms with Crippen LogP contribution in [0.5, 0.6) is 11.5 Å². The summed E-state index contributed by atoms with van der Waals surface area (Å²) >= 11 is 0. The summed E-state index contributed by atoms with van der Waals surface area (Å²) in [6.07, 6.45) is 10.3. The molecule has 0 unspecified atom stereocenters. The second kappa shape index (κ2) is 7.49. The van der Waals surface area contributed by atoms with Gasteiger partial charge in [-0.15, -0.1) is 0 Å². The zero-order chi connectivity index (χ0) is 15.2. The molecule has 1 heteroatoms. The van der Waals surface area contributed by atoms with Crippen LogP contribution >= 0.6 is 0 Å². The lowest BCUT2D eigenvalue weighted by Gasteiger charge is -2.22. The lowest BCUT2D eigenvalue weighted by molar-refractivity contribution is 0.458. The van der Waals surface area contributed by atoms with Crippen LogP contribution in [-0.2, 0) is 12.8 Å². The third-order valence-electron chi connectivity index (χ3n) is 4.59. The van der Waals surface area contributed by atoms with E-state index in [1.54, 1.807) is 0 Å². The Kier molecular flexibility index (Phi) is 5.15. The SMILES string of the molecule is CCCCCCCCc1cccc2c1Cc1ccccc1O2. The van der Waals surface area contributed by atoms with E-state index >= 15 is 0 Å². The molecule has 22 heavy (non-hydrogen) atoms. The van der Waals surface area contributed by atoms with Gasteiger partial charge in [0.25, 0.3) is 0 Å². The van der Waals surface area contributed by atoms with Gasteiger partial charge in [0.1, 0.15) is 11.5 Å². The Bertz CT molecular complexity index is 615. The van der Waals surface area contributed by atoms with Crippen LogP contribution in [0, 0.1) is 0 Å². The molecule has 0 bridgehead atoms. The molecular weight excluding hydrogens is 268 g/mol. The van der Waals surface area contributed by atoms with Gasteiger partial charge in [-0.3, -0.25) is 0 Å². The van der Waals surface area contributed by atoms with Crippen molar-refractivity contribution in [1.82, 2.24) is 0 Å². The molecule has 1 aliphatic heterocycles. The topological polar surface area (TPSA) is 9.23 Å². The third-order valence-corrected chi connectivity index (χ3v) is 4.59. The van der Waals surface area contributed by atoms with Gasteiger partial charge in [0.2, 0.25) is 0 Å². The number of benzene rings is 2. The molecule has 2 aromatic rings. The molecule has 0 radical (unpaired) electrons. The Morgan fingerprint density at radius 2 is 1.59 bits per heavy atom. The normalized spacial score (nSPS) is 12.4. The largest absolute Gasteiger partial charge is 0.457 e.